The highest BCUT2D eigenvalue weighted by Gasteiger charge is 2.80. The van der Waals surface area contributed by atoms with Crippen LogP contribution in [0.3, 0.4) is 0 Å². The topological polar surface area (TPSA) is 127 Å². The Morgan fingerprint density at radius 2 is 2.07 bits per heavy atom. The Balaban J connectivity index is 1.62. The molecule has 1 spiro atoms. The second-order valence-corrected chi connectivity index (χ2v) is 11.9. The number of rotatable bonds is 11. The molecule has 3 aliphatic heterocycles. The number of carbonyl (C=O) groups is 3. The summed E-state index contributed by atoms with van der Waals surface area (Å²) in [7, 11) is 0. The lowest BCUT2D eigenvalue weighted by Crippen LogP contribution is -2.60. The molecule has 4 heterocycles. The van der Waals surface area contributed by atoms with Gasteiger partial charge in [-0.15, -0.1) is 11.7 Å². The highest BCUT2D eigenvalue weighted by molar-refractivity contribution is 5.98. The first kappa shape index (κ1) is 29.2. The van der Waals surface area contributed by atoms with Gasteiger partial charge in [-0.2, -0.15) is 0 Å². The molecule has 3 unspecified atom stereocenters. The van der Waals surface area contributed by atoms with E-state index in [0.717, 1.165) is 5.52 Å². The normalized spacial score (nSPS) is 31.8. The molecule has 41 heavy (non-hydrogen) atoms. The number of hydrogen-bond acceptors (Lipinski definition) is 8. The SMILES string of the molecule is C=CCN(Cn1nnc2ccccc21)C(=O)C1N([C@@H](CO)[C@@H](C)CC)C(=O)[C@@H]2[C@@H](C(=O)OCC)[C@]3(C)OC12CC3C. The van der Waals surface area contributed by atoms with Crippen LogP contribution in [0.4, 0.5) is 0 Å². The number of carbonyl (C=O) groups excluding carboxylic acids is 3. The van der Waals surface area contributed by atoms with E-state index in [-0.39, 0.29) is 50.1 Å². The molecule has 0 saturated carbocycles. The predicted octanol–water partition coefficient (Wildman–Crippen LogP) is 2.38. The van der Waals surface area contributed by atoms with Gasteiger partial charge in [-0.25, -0.2) is 4.68 Å². The fraction of sp³-hybridized carbons (Fsp3) is 0.633. The van der Waals surface area contributed by atoms with Crippen LogP contribution >= 0.6 is 0 Å². The molecule has 2 amide bonds. The summed E-state index contributed by atoms with van der Waals surface area (Å²) in [6.07, 6.45) is 2.74. The van der Waals surface area contributed by atoms with Crippen LogP contribution in [0.5, 0.6) is 0 Å². The molecule has 1 aromatic heterocycles. The largest absolute Gasteiger partial charge is 0.466 e. The molecule has 8 atom stereocenters. The Hall–Kier alpha value is -3.31. The van der Waals surface area contributed by atoms with Gasteiger partial charge in [0.05, 0.1) is 36.3 Å². The summed E-state index contributed by atoms with van der Waals surface area (Å²) < 4.78 is 13.9. The first-order chi connectivity index (χ1) is 19.6. The number of esters is 1. The van der Waals surface area contributed by atoms with E-state index in [1.54, 1.807) is 22.6 Å². The van der Waals surface area contributed by atoms with Crippen LogP contribution in [-0.2, 0) is 30.5 Å². The number of likely N-dealkylation sites (tertiary alicyclic amines) is 1. The van der Waals surface area contributed by atoms with Crippen molar-refractivity contribution >= 4 is 28.8 Å². The first-order valence-corrected chi connectivity index (χ1v) is 14.6. The lowest BCUT2D eigenvalue weighted by Gasteiger charge is -2.41. The van der Waals surface area contributed by atoms with Crippen molar-refractivity contribution < 1.29 is 29.0 Å². The van der Waals surface area contributed by atoms with Gasteiger partial charge in [0.15, 0.2) is 0 Å². The van der Waals surface area contributed by atoms with Crippen molar-refractivity contribution in [3.8, 4) is 0 Å². The Bertz CT molecular complexity index is 1350. The van der Waals surface area contributed by atoms with E-state index in [1.165, 1.54) is 4.90 Å². The van der Waals surface area contributed by atoms with Crippen LogP contribution in [0.25, 0.3) is 11.0 Å². The number of aliphatic hydroxyl groups is 1. The highest BCUT2D eigenvalue weighted by atomic mass is 16.6. The van der Waals surface area contributed by atoms with Crippen molar-refractivity contribution in [2.75, 3.05) is 19.8 Å². The summed E-state index contributed by atoms with van der Waals surface area (Å²) in [6.45, 7) is 13.5. The Labute approximate surface area is 240 Å². The number of benzene rings is 1. The minimum atomic E-state index is -1.25. The summed E-state index contributed by atoms with van der Waals surface area (Å²) in [6, 6.07) is 5.79. The van der Waals surface area contributed by atoms with Crippen LogP contribution in [0.2, 0.25) is 0 Å². The van der Waals surface area contributed by atoms with Crippen LogP contribution in [-0.4, -0.2) is 90.7 Å². The number of aliphatic hydroxyl groups excluding tert-OH is 1. The van der Waals surface area contributed by atoms with Crippen LogP contribution < -0.4 is 0 Å². The zero-order valence-electron chi connectivity index (χ0n) is 24.5. The fourth-order valence-corrected chi connectivity index (χ4v) is 7.45. The average molecular weight is 568 g/mol. The Morgan fingerprint density at radius 3 is 2.73 bits per heavy atom. The maximum absolute atomic E-state index is 14.8. The van der Waals surface area contributed by atoms with Crippen molar-refractivity contribution in [3.05, 3.63) is 36.9 Å². The second-order valence-electron chi connectivity index (χ2n) is 11.9. The maximum Gasteiger partial charge on any atom is 0.312 e. The summed E-state index contributed by atoms with van der Waals surface area (Å²) in [5.41, 5.74) is -0.749. The molecule has 3 fully saturated rings. The third kappa shape index (κ3) is 4.27. The molecular formula is C30H41N5O6. The van der Waals surface area contributed by atoms with Crippen molar-refractivity contribution in [2.45, 2.75) is 77.4 Å². The Kier molecular flexibility index (Phi) is 7.71. The summed E-state index contributed by atoms with van der Waals surface area (Å²) in [5.74, 6) is -3.15. The number of hydrogen-bond donors (Lipinski definition) is 1. The molecule has 11 nitrogen and oxygen atoms in total. The third-order valence-corrected chi connectivity index (χ3v) is 9.76. The van der Waals surface area contributed by atoms with E-state index in [2.05, 4.69) is 16.9 Å². The quantitative estimate of drug-likeness (QED) is 0.324. The van der Waals surface area contributed by atoms with Crippen molar-refractivity contribution in [1.82, 2.24) is 24.8 Å². The van der Waals surface area contributed by atoms with Gasteiger partial charge in [-0.1, -0.05) is 50.6 Å². The lowest BCUT2D eigenvalue weighted by molar-refractivity contribution is -0.164. The maximum atomic E-state index is 14.8. The fourth-order valence-electron chi connectivity index (χ4n) is 7.45. The van der Waals surface area contributed by atoms with E-state index in [1.807, 2.05) is 52.0 Å². The molecule has 11 heteroatoms. The number of nitrogens with zero attached hydrogens (tertiary/aromatic N) is 5. The molecular weight excluding hydrogens is 526 g/mol. The van der Waals surface area contributed by atoms with Gasteiger partial charge in [-0.3, -0.25) is 14.4 Å². The number of ether oxygens (including phenoxy) is 2. The van der Waals surface area contributed by atoms with Crippen molar-refractivity contribution in [2.24, 2.45) is 23.7 Å². The molecule has 1 N–H and O–H groups in total. The second kappa shape index (κ2) is 10.8. The van der Waals surface area contributed by atoms with E-state index in [9.17, 15) is 19.5 Å². The monoisotopic (exact) mass is 567 g/mol. The molecule has 0 aliphatic carbocycles. The van der Waals surface area contributed by atoms with Crippen molar-refractivity contribution in [1.29, 1.82) is 0 Å². The highest BCUT2D eigenvalue weighted by Crippen LogP contribution is 2.65. The zero-order chi connectivity index (χ0) is 29.7. The summed E-state index contributed by atoms with van der Waals surface area (Å²) in [5, 5.41) is 19.1. The molecule has 3 saturated heterocycles. The van der Waals surface area contributed by atoms with Gasteiger partial charge in [0, 0.05) is 6.54 Å². The number of para-hydroxylation sites is 1. The van der Waals surface area contributed by atoms with Crippen LogP contribution in [0.1, 0.15) is 47.5 Å². The zero-order valence-corrected chi connectivity index (χ0v) is 24.5. The van der Waals surface area contributed by atoms with Crippen LogP contribution in [0.15, 0.2) is 36.9 Å². The molecule has 0 radical (unpaired) electrons. The number of amides is 2. The van der Waals surface area contributed by atoms with Crippen LogP contribution in [0, 0.1) is 23.7 Å². The minimum Gasteiger partial charge on any atom is -0.466 e. The smallest absolute Gasteiger partial charge is 0.312 e. The summed E-state index contributed by atoms with van der Waals surface area (Å²) >= 11 is 0. The van der Waals surface area contributed by atoms with Gasteiger partial charge in [0.2, 0.25) is 11.8 Å². The minimum absolute atomic E-state index is 0.0753. The number of fused-ring (bicyclic) bond motifs is 2. The van der Waals surface area contributed by atoms with Crippen molar-refractivity contribution in [3.63, 3.8) is 0 Å². The first-order valence-electron chi connectivity index (χ1n) is 14.6. The molecule has 2 bridgehead atoms. The summed E-state index contributed by atoms with van der Waals surface area (Å²) in [4.78, 5) is 45.7. The third-order valence-electron chi connectivity index (χ3n) is 9.76. The van der Waals surface area contributed by atoms with Gasteiger partial charge in [0.1, 0.15) is 29.7 Å². The lowest BCUT2D eigenvalue weighted by atomic mass is 9.62. The van der Waals surface area contributed by atoms with E-state index >= 15 is 0 Å². The molecule has 3 aliphatic rings. The standard InChI is InChI=1S/C30H41N5O6/c1-7-14-33(17-34-21-13-11-10-12-20(21)31-32-34)27(38)25-30-15-19(5)29(6,41-30)24(28(39)40-9-3)23(30)26(37)35(25)22(16-36)18(4)8-2/h7,10-13,18-19,22-25,36H,1,8-9,14-17H2,2-6H3/t18-,19?,22-,23-,24-,25?,29+,30?/m0/s1. The average Bonchev–Trinajstić information content (AvgIpc) is 3.62. The molecule has 5 rings (SSSR count). The van der Waals surface area contributed by atoms with E-state index in [4.69, 9.17) is 9.47 Å². The molecule has 2 aromatic rings. The van der Waals surface area contributed by atoms with Gasteiger partial charge >= 0.3 is 5.97 Å². The van der Waals surface area contributed by atoms with E-state index in [0.29, 0.717) is 18.4 Å². The van der Waals surface area contributed by atoms with E-state index < -0.39 is 41.1 Å². The van der Waals surface area contributed by atoms with Gasteiger partial charge in [-0.05, 0) is 44.2 Å². The van der Waals surface area contributed by atoms with Gasteiger partial charge < -0.3 is 24.4 Å². The molecule has 1 aromatic carbocycles. The Morgan fingerprint density at radius 1 is 1.34 bits per heavy atom. The predicted molar refractivity (Wildman–Crippen MR) is 150 cm³/mol. The number of aromatic nitrogens is 3. The molecule has 222 valence electrons. The van der Waals surface area contributed by atoms with Gasteiger partial charge in [0.25, 0.3) is 0 Å².